The summed E-state index contributed by atoms with van der Waals surface area (Å²) in [5, 5.41) is 13.7. The van der Waals surface area contributed by atoms with E-state index in [4.69, 9.17) is 5.11 Å². The van der Waals surface area contributed by atoms with Crippen LogP contribution in [0.15, 0.2) is 29.1 Å². The summed E-state index contributed by atoms with van der Waals surface area (Å²) in [5.74, 6) is -0.711. The molecule has 100 valence electrons. The molecule has 0 saturated heterocycles. The number of benzene rings is 1. The van der Waals surface area contributed by atoms with Gasteiger partial charge in [0.25, 0.3) is 5.56 Å². The zero-order valence-corrected chi connectivity index (χ0v) is 10.9. The lowest BCUT2D eigenvalue weighted by molar-refractivity contribution is 0.0691. The Hall–Kier alpha value is -2.30. The summed E-state index contributed by atoms with van der Waals surface area (Å²) in [6.07, 6.45) is 1.03. The smallest absolute Gasteiger partial charge is 0.354 e. The van der Waals surface area contributed by atoms with Gasteiger partial charge in [0, 0.05) is 0 Å². The highest BCUT2D eigenvalue weighted by molar-refractivity contribution is 5.93. The van der Waals surface area contributed by atoms with Crippen LogP contribution in [0.4, 0.5) is 0 Å². The number of carboxylic acid groups (broad SMARTS) is 1. The highest BCUT2D eigenvalue weighted by atomic mass is 16.4. The fourth-order valence-electron chi connectivity index (χ4n) is 2.01. The van der Waals surface area contributed by atoms with Gasteiger partial charge in [0.15, 0.2) is 5.69 Å². The average Bonchev–Trinajstić information content (AvgIpc) is 2.80. The number of carbonyl (C=O) groups is 1. The molecular formula is C14H16N2O3. The molecule has 0 fully saturated rings. The zero-order chi connectivity index (χ0) is 14.0. The van der Waals surface area contributed by atoms with Gasteiger partial charge in [-0.3, -0.25) is 15.0 Å². The topological polar surface area (TPSA) is 85.9 Å². The highest BCUT2D eigenvalue weighted by Crippen LogP contribution is 2.23. The van der Waals surface area contributed by atoms with E-state index in [1.807, 2.05) is 12.1 Å². The number of hydrogen-bond acceptors (Lipinski definition) is 2. The first-order valence-electron chi connectivity index (χ1n) is 6.18. The number of H-pyrrole nitrogens is 2. The maximum atomic E-state index is 11.7. The van der Waals surface area contributed by atoms with Crippen LogP contribution in [0.5, 0.6) is 0 Å². The molecule has 5 nitrogen and oxygen atoms in total. The minimum absolute atomic E-state index is 0.110. The number of aromatic nitrogens is 2. The van der Waals surface area contributed by atoms with Crippen LogP contribution in [0, 0.1) is 0 Å². The molecule has 0 aliphatic carbocycles. The Labute approximate surface area is 110 Å². The molecule has 5 heteroatoms. The highest BCUT2D eigenvalue weighted by Gasteiger charge is 2.17. The zero-order valence-electron chi connectivity index (χ0n) is 10.9. The summed E-state index contributed by atoms with van der Waals surface area (Å²) in [7, 11) is 0. The molecule has 19 heavy (non-hydrogen) atoms. The Balaban J connectivity index is 2.46. The van der Waals surface area contributed by atoms with Crippen molar-refractivity contribution >= 4 is 5.97 Å². The van der Waals surface area contributed by atoms with Gasteiger partial charge in [0.1, 0.15) is 0 Å². The van der Waals surface area contributed by atoms with Gasteiger partial charge >= 0.3 is 5.97 Å². The second-order valence-electron chi connectivity index (χ2n) is 4.57. The van der Waals surface area contributed by atoms with Crippen molar-refractivity contribution in [2.75, 3.05) is 0 Å². The van der Waals surface area contributed by atoms with Crippen molar-refractivity contribution < 1.29 is 9.90 Å². The van der Waals surface area contributed by atoms with E-state index in [-0.39, 0.29) is 11.3 Å². The third kappa shape index (κ3) is 2.45. The predicted molar refractivity (Wildman–Crippen MR) is 72.5 cm³/mol. The number of rotatable bonds is 4. The van der Waals surface area contributed by atoms with Crippen LogP contribution >= 0.6 is 0 Å². The van der Waals surface area contributed by atoms with E-state index in [0.29, 0.717) is 11.5 Å². The Morgan fingerprint density at radius 3 is 2.42 bits per heavy atom. The van der Waals surface area contributed by atoms with E-state index in [0.717, 1.165) is 6.42 Å². The largest absolute Gasteiger partial charge is 0.477 e. The Morgan fingerprint density at radius 1 is 1.26 bits per heavy atom. The molecule has 0 saturated carbocycles. The molecule has 0 aliphatic heterocycles. The summed E-state index contributed by atoms with van der Waals surface area (Å²) in [5.41, 5.74) is 1.42. The second kappa shape index (κ2) is 5.14. The fourth-order valence-corrected chi connectivity index (χ4v) is 2.01. The van der Waals surface area contributed by atoms with Crippen LogP contribution in [0.2, 0.25) is 0 Å². The number of carboxylic acids is 1. The molecule has 1 aromatic carbocycles. The molecule has 0 bridgehead atoms. The molecule has 1 heterocycles. The fraction of sp³-hybridized carbons (Fsp3) is 0.286. The van der Waals surface area contributed by atoms with Crippen molar-refractivity contribution in [1.29, 1.82) is 0 Å². The summed E-state index contributed by atoms with van der Waals surface area (Å²) in [6, 6.07) is 7.43. The van der Waals surface area contributed by atoms with Crippen molar-refractivity contribution in [2.45, 2.75) is 26.2 Å². The minimum atomic E-state index is -1.15. The molecule has 0 amide bonds. The molecule has 2 aromatic rings. The molecular weight excluding hydrogens is 244 g/mol. The van der Waals surface area contributed by atoms with Gasteiger partial charge in [0.05, 0.1) is 5.56 Å². The standard InChI is InChI=1S/C14H16N2O3/c1-3-8(2)9-4-6-10(7-5-9)11-12(14(18)19)15-16-13(11)17/h4-8H,3H2,1-2H3,(H,18,19)(H2,15,16,17). The van der Waals surface area contributed by atoms with Gasteiger partial charge < -0.3 is 5.11 Å². The molecule has 1 unspecified atom stereocenters. The maximum Gasteiger partial charge on any atom is 0.354 e. The first-order chi connectivity index (χ1) is 9.04. The molecule has 3 N–H and O–H groups in total. The summed E-state index contributed by atoms with van der Waals surface area (Å²) < 4.78 is 0. The summed E-state index contributed by atoms with van der Waals surface area (Å²) in [4.78, 5) is 22.7. The van der Waals surface area contributed by atoms with Crippen LogP contribution in [-0.4, -0.2) is 21.3 Å². The van der Waals surface area contributed by atoms with E-state index >= 15 is 0 Å². The first kappa shape index (κ1) is 13.1. The van der Waals surface area contributed by atoms with E-state index in [9.17, 15) is 9.59 Å². The average molecular weight is 260 g/mol. The Kier molecular flexibility index (Phi) is 3.55. The van der Waals surface area contributed by atoms with E-state index in [2.05, 4.69) is 24.0 Å². The number of nitrogens with one attached hydrogen (secondary N) is 2. The SMILES string of the molecule is CCC(C)c1ccc(-c2c(C(=O)O)[nH][nH]c2=O)cc1. The lowest BCUT2D eigenvalue weighted by Crippen LogP contribution is -2.05. The van der Waals surface area contributed by atoms with Crippen LogP contribution in [0.25, 0.3) is 11.1 Å². The van der Waals surface area contributed by atoms with Crippen LogP contribution in [0.1, 0.15) is 42.2 Å². The van der Waals surface area contributed by atoms with Gasteiger partial charge in [-0.15, -0.1) is 0 Å². The molecule has 0 aliphatic rings. The quantitative estimate of drug-likeness (QED) is 0.789. The predicted octanol–water partition coefficient (Wildman–Crippen LogP) is 2.58. The van der Waals surface area contributed by atoms with Crippen molar-refractivity contribution in [3.8, 4) is 11.1 Å². The molecule has 2 rings (SSSR count). The Morgan fingerprint density at radius 2 is 1.89 bits per heavy atom. The second-order valence-corrected chi connectivity index (χ2v) is 4.57. The van der Waals surface area contributed by atoms with Crippen LogP contribution in [0.3, 0.4) is 0 Å². The van der Waals surface area contributed by atoms with Crippen molar-refractivity contribution in [3.05, 3.63) is 45.9 Å². The number of aromatic carboxylic acids is 1. The Bertz CT molecular complexity index is 637. The van der Waals surface area contributed by atoms with Crippen molar-refractivity contribution in [3.63, 3.8) is 0 Å². The molecule has 1 atom stereocenters. The maximum absolute atomic E-state index is 11.7. The van der Waals surface area contributed by atoms with Gasteiger partial charge in [-0.2, -0.15) is 0 Å². The van der Waals surface area contributed by atoms with Gasteiger partial charge in [-0.05, 0) is 23.5 Å². The van der Waals surface area contributed by atoms with Gasteiger partial charge in [0.2, 0.25) is 0 Å². The summed E-state index contributed by atoms with van der Waals surface area (Å²) in [6.45, 7) is 4.23. The summed E-state index contributed by atoms with van der Waals surface area (Å²) >= 11 is 0. The number of aromatic amines is 2. The monoisotopic (exact) mass is 260 g/mol. The molecule has 0 spiro atoms. The van der Waals surface area contributed by atoms with Crippen LogP contribution < -0.4 is 5.56 Å². The van der Waals surface area contributed by atoms with Gasteiger partial charge in [-0.25, -0.2) is 4.79 Å². The van der Waals surface area contributed by atoms with E-state index in [1.54, 1.807) is 12.1 Å². The normalized spacial score (nSPS) is 12.3. The van der Waals surface area contributed by atoms with E-state index in [1.165, 1.54) is 5.56 Å². The first-order valence-corrected chi connectivity index (χ1v) is 6.18. The van der Waals surface area contributed by atoms with E-state index < -0.39 is 11.5 Å². The third-order valence-electron chi connectivity index (χ3n) is 3.37. The van der Waals surface area contributed by atoms with Crippen molar-refractivity contribution in [1.82, 2.24) is 10.2 Å². The third-order valence-corrected chi connectivity index (χ3v) is 3.37. The minimum Gasteiger partial charge on any atom is -0.477 e. The van der Waals surface area contributed by atoms with Crippen molar-refractivity contribution in [2.24, 2.45) is 0 Å². The number of hydrogen-bond donors (Lipinski definition) is 3. The lowest BCUT2D eigenvalue weighted by Gasteiger charge is -2.09. The molecule has 0 radical (unpaired) electrons. The van der Waals surface area contributed by atoms with Gasteiger partial charge in [-0.1, -0.05) is 38.1 Å². The van der Waals surface area contributed by atoms with Crippen LogP contribution in [-0.2, 0) is 0 Å². The molecule has 1 aromatic heterocycles. The lowest BCUT2D eigenvalue weighted by atomic mass is 9.96.